The average Bonchev–Trinajstić information content (AvgIpc) is 3.07. The number of hydrogen-bond acceptors (Lipinski definition) is 2. The molecule has 1 aliphatic rings. The molecule has 1 N–H and O–H groups in total. The number of aromatic nitrogens is 2. The summed E-state index contributed by atoms with van der Waals surface area (Å²) in [4.78, 5) is 0. The van der Waals surface area contributed by atoms with E-state index in [9.17, 15) is 5.11 Å². The molecule has 1 fully saturated rings. The van der Waals surface area contributed by atoms with Crippen LogP contribution in [0.25, 0.3) is 5.69 Å². The number of hydrogen-bond donors (Lipinski definition) is 1. The fourth-order valence-electron chi connectivity index (χ4n) is 1.94. The summed E-state index contributed by atoms with van der Waals surface area (Å²) in [5.74, 6) is 0.669. The molecular formula is C13H14N2O. The topological polar surface area (TPSA) is 38.0 Å². The minimum absolute atomic E-state index is 0.0504. The van der Waals surface area contributed by atoms with Gasteiger partial charge in [0.15, 0.2) is 0 Å². The van der Waals surface area contributed by atoms with Crippen LogP contribution in [-0.2, 0) is 6.61 Å². The number of aliphatic hydroxyl groups is 1. The van der Waals surface area contributed by atoms with Crippen molar-refractivity contribution in [3.63, 3.8) is 0 Å². The van der Waals surface area contributed by atoms with Gasteiger partial charge in [-0.15, -0.1) is 0 Å². The Kier molecular flexibility index (Phi) is 2.26. The van der Waals surface area contributed by atoms with Gasteiger partial charge in [0.25, 0.3) is 0 Å². The van der Waals surface area contributed by atoms with Crippen LogP contribution in [0.3, 0.4) is 0 Å². The first-order valence-electron chi connectivity index (χ1n) is 5.63. The van der Waals surface area contributed by atoms with Gasteiger partial charge in [0.1, 0.15) is 0 Å². The van der Waals surface area contributed by atoms with Gasteiger partial charge in [0.05, 0.1) is 18.0 Å². The van der Waals surface area contributed by atoms with Crippen molar-refractivity contribution >= 4 is 0 Å². The first-order valence-corrected chi connectivity index (χ1v) is 5.63. The van der Waals surface area contributed by atoms with Crippen LogP contribution in [0.1, 0.15) is 30.0 Å². The van der Waals surface area contributed by atoms with Crippen LogP contribution in [0.2, 0.25) is 0 Å². The predicted octanol–water partition coefficient (Wildman–Crippen LogP) is 2.24. The largest absolute Gasteiger partial charge is 0.392 e. The molecule has 2 aromatic rings. The van der Waals surface area contributed by atoms with Crippen LogP contribution in [0.5, 0.6) is 0 Å². The molecule has 0 atom stereocenters. The molecule has 0 radical (unpaired) electrons. The molecular weight excluding hydrogens is 200 g/mol. The Hall–Kier alpha value is -1.61. The zero-order chi connectivity index (χ0) is 11.0. The van der Waals surface area contributed by atoms with Gasteiger partial charge in [-0.3, -0.25) is 0 Å². The van der Waals surface area contributed by atoms with Gasteiger partial charge >= 0.3 is 0 Å². The number of aliphatic hydroxyl groups excluding tert-OH is 1. The number of benzene rings is 1. The van der Waals surface area contributed by atoms with Crippen LogP contribution in [0.4, 0.5) is 0 Å². The van der Waals surface area contributed by atoms with Crippen molar-refractivity contribution in [2.24, 2.45) is 0 Å². The van der Waals surface area contributed by atoms with Crippen molar-refractivity contribution in [3.8, 4) is 5.69 Å². The maximum absolute atomic E-state index is 9.27. The third kappa shape index (κ3) is 1.63. The van der Waals surface area contributed by atoms with Gasteiger partial charge in [-0.25, -0.2) is 4.68 Å². The van der Waals surface area contributed by atoms with Crippen LogP contribution in [0, 0.1) is 0 Å². The first kappa shape index (κ1) is 9.60. The summed E-state index contributed by atoms with van der Waals surface area (Å²) >= 11 is 0. The van der Waals surface area contributed by atoms with E-state index in [4.69, 9.17) is 0 Å². The molecule has 16 heavy (non-hydrogen) atoms. The first-order chi connectivity index (χ1) is 7.88. The summed E-state index contributed by atoms with van der Waals surface area (Å²) in [5, 5.41) is 13.8. The molecule has 0 amide bonds. The summed E-state index contributed by atoms with van der Waals surface area (Å²) in [6, 6.07) is 9.88. The summed E-state index contributed by atoms with van der Waals surface area (Å²) in [5.41, 5.74) is 3.05. The van der Waals surface area contributed by atoms with Gasteiger partial charge in [0, 0.05) is 17.7 Å². The zero-order valence-corrected chi connectivity index (χ0v) is 9.00. The normalized spacial score (nSPS) is 15.3. The Labute approximate surface area is 94.3 Å². The van der Waals surface area contributed by atoms with Crippen molar-refractivity contribution in [1.82, 2.24) is 9.78 Å². The Morgan fingerprint density at radius 3 is 2.81 bits per heavy atom. The van der Waals surface area contributed by atoms with E-state index in [1.54, 1.807) is 0 Å². The highest BCUT2D eigenvalue weighted by Crippen LogP contribution is 2.39. The van der Waals surface area contributed by atoms with Gasteiger partial charge < -0.3 is 5.11 Å². The lowest BCUT2D eigenvalue weighted by Crippen LogP contribution is -2.00. The molecule has 0 unspecified atom stereocenters. The van der Waals surface area contributed by atoms with Crippen molar-refractivity contribution in [2.75, 3.05) is 0 Å². The fraction of sp³-hybridized carbons (Fsp3) is 0.308. The maximum atomic E-state index is 9.27. The highest BCUT2D eigenvalue weighted by molar-refractivity contribution is 5.40. The molecule has 1 saturated carbocycles. The van der Waals surface area contributed by atoms with E-state index in [1.165, 1.54) is 18.5 Å². The Morgan fingerprint density at radius 2 is 2.06 bits per heavy atom. The molecule has 82 valence electrons. The van der Waals surface area contributed by atoms with Crippen molar-refractivity contribution in [1.29, 1.82) is 0 Å². The van der Waals surface area contributed by atoms with E-state index < -0.39 is 0 Å². The quantitative estimate of drug-likeness (QED) is 0.851. The second-order valence-electron chi connectivity index (χ2n) is 4.25. The van der Waals surface area contributed by atoms with E-state index in [-0.39, 0.29) is 6.61 Å². The number of rotatable bonds is 3. The third-order valence-electron chi connectivity index (χ3n) is 3.01. The summed E-state index contributed by atoms with van der Waals surface area (Å²) < 4.78 is 1.86. The van der Waals surface area contributed by atoms with Gasteiger partial charge in [0.2, 0.25) is 0 Å². The molecule has 1 aliphatic carbocycles. The average molecular weight is 214 g/mol. The molecule has 1 heterocycles. The Balaban J connectivity index is 2.00. The monoisotopic (exact) mass is 214 g/mol. The fourth-order valence-corrected chi connectivity index (χ4v) is 1.94. The molecule has 1 aromatic heterocycles. The molecule has 3 heteroatoms. The standard InChI is InChI=1S/C13H14N2O/c16-9-11-3-1-2-4-13(11)15-8-7-12(14-15)10-5-6-10/h1-4,7-8,10,16H,5-6,9H2. The minimum Gasteiger partial charge on any atom is -0.392 e. The van der Waals surface area contributed by atoms with Crippen LogP contribution in [0.15, 0.2) is 36.5 Å². The van der Waals surface area contributed by atoms with E-state index in [2.05, 4.69) is 11.2 Å². The predicted molar refractivity (Wildman–Crippen MR) is 61.5 cm³/mol. The molecule has 3 nitrogen and oxygen atoms in total. The molecule has 0 saturated heterocycles. The van der Waals surface area contributed by atoms with E-state index >= 15 is 0 Å². The van der Waals surface area contributed by atoms with Gasteiger partial charge in [-0.1, -0.05) is 18.2 Å². The molecule has 0 bridgehead atoms. The lowest BCUT2D eigenvalue weighted by atomic mass is 10.2. The van der Waals surface area contributed by atoms with Crippen molar-refractivity contribution in [2.45, 2.75) is 25.4 Å². The summed E-state index contributed by atoms with van der Waals surface area (Å²) in [7, 11) is 0. The summed E-state index contributed by atoms with van der Waals surface area (Å²) in [6.45, 7) is 0.0504. The van der Waals surface area contributed by atoms with E-state index in [1.807, 2.05) is 35.1 Å². The maximum Gasteiger partial charge on any atom is 0.0702 e. The minimum atomic E-state index is 0.0504. The van der Waals surface area contributed by atoms with Crippen LogP contribution in [-0.4, -0.2) is 14.9 Å². The Bertz CT molecular complexity index is 500. The molecule has 0 spiro atoms. The molecule has 3 rings (SSSR count). The lowest BCUT2D eigenvalue weighted by molar-refractivity contribution is 0.281. The zero-order valence-electron chi connectivity index (χ0n) is 9.00. The van der Waals surface area contributed by atoms with E-state index in [0.717, 1.165) is 11.3 Å². The smallest absolute Gasteiger partial charge is 0.0702 e. The number of nitrogens with zero attached hydrogens (tertiary/aromatic N) is 2. The number of para-hydroxylation sites is 1. The SMILES string of the molecule is OCc1ccccc1-n1ccc(C2CC2)n1. The van der Waals surface area contributed by atoms with Crippen LogP contribution < -0.4 is 0 Å². The Morgan fingerprint density at radius 1 is 1.25 bits per heavy atom. The van der Waals surface area contributed by atoms with Gasteiger partial charge in [-0.05, 0) is 25.0 Å². The highest BCUT2D eigenvalue weighted by atomic mass is 16.3. The molecule has 1 aromatic carbocycles. The second-order valence-corrected chi connectivity index (χ2v) is 4.25. The lowest BCUT2D eigenvalue weighted by Gasteiger charge is -2.06. The van der Waals surface area contributed by atoms with E-state index in [0.29, 0.717) is 5.92 Å². The summed E-state index contributed by atoms with van der Waals surface area (Å²) in [6.07, 6.45) is 4.50. The highest BCUT2D eigenvalue weighted by Gasteiger charge is 2.25. The van der Waals surface area contributed by atoms with Crippen molar-refractivity contribution < 1.29 is 5.11 Å². The third-order valence-corrected chi connectivity index (χ3v) is 3.01. The second kappa shape index (κ2) is 3.76. The van der Waals surface area contributed by atoms with Gasteiger partial charge in [-0.2, -0.15) is 5.10 Å². The van der Waals surface area contributed by atoms with Crippen LogP contribution >= 0.6 is 0 Å². The molecule has 0 aliphatic heterocycles. The van der Waals surface area contributed by atoms with Crippen molar-refractivity contribution in [3.05, 3.63) is 47.8 Å².